The second kappa shape index (κ2) is 8.54. The molecule has 0 heterocycles. The lowest BCUT2D eigenvalue weighted by Gasteiger charge is -2.26. The van der Waals surface area contributed by atoms with E-state index in [0.29, 0.717) is 5.92 Å². The predicted molar refractivity (Wildman–Crippen MR) is 88.6 cm³/mol. The van der Waals surface area contributed by atoms with E-state index in [4.69, 9.17) is 0 Å². The van der Waals surface area contributed by atoms with Gasteiger partial charge in [-0.05, 0) is 30.4 Å². The van der Waals surface area contributed by atoms with Gasteiger partial charge in [0.2, 0.25) is 5.91 Å². The lowest BCUT2D eigenvalue weighted by Crippen LogP contribution is -2.48. The van der Waals surface area contributed by atoms with Crippen molar-refractivity contribution in [2.24, 2.45) is 5.92 Å². The van der Waals surface area contributed by atoms with E-state index < -0.39 is 12.1 Å². The summed E-state index contributed by atoms with van der Waals surface area (Å²) < 4.78 is 0. The Morgan fingerprint density at radius 2 is 1.68 bits per heavy atom. The lowest BCUT2D eigenvalue weighted by atomic mass is 9.94. The van der Waals surface area contributed by atoms with Crippen LogP contribution in [0.4, 0.5) is 4.79 Å². The van der Waals surface area contributed by atoms with Gasteiger partial charge < -0.3 is 5.32 Å². The third-order valence-electron chi connectivity index (χ3n) is 3.70. The molecule has 22 heavy (non-hydrogen) atoms. The van der Waals surface area contributed by atoms with Crippen LogP contribution in [0, 0.1) is 5.92 Å². The fraction of sp³-hybridized carbons (Fsp3) is 0.529. The summed E-state index contributed by atoms with van der Waals surface area (Å²) in [5.74, 6) is -0.0158. The average Bonchev–Trinajstić information content (AvgIpc) is 2.51. The van der Waals surface area contributed by atoms with Gasteiger partial charge in [0.25, 0.3) is 0 Å². The number of nitrogens with one attached hydrogen (secondary N) is 3. The number of urea groups is 1. The quantitative estimate of drug-likeness (QED) is 0.756. The van der Waals surface area contributed by atoms with Gasteiger partial charge in [-0.1, -0.05) is 45.0 Å². The number of amides is 3. The van der Waals surface area contributed by atoms with Gasteiger partial charge in [0.05, 0.1) is 6.04 Å². The molecule has 0 aliphatic heterocycles. The molecule has 1 aromatic carbocycles. The molecule has 0 bridgehead atoms. The summed E-state index contributed by atoms with van der Waals surface area (Å²) in [6.07, 6.45) is 1.00. The third-order valence-corrected chi connectivity index (χ3v) is 3.70. The molecular formula is C17H27N3O2. The van der Waals surface area contributed by atoms with Gasteiger partial charge in [0.1, 0.15) is 0 Å². The second-order valence-corrected chi connectivity index (χ2v) is 5.77. The van der Waals surface area contributed by atoms with Crippen molar-refractivity contribution >= 4 is 11.9 Å². The first kappa shape index (κ1) is 18.2. The van der Waals surface area contributed by atoms with Crippen LogP contribution >= 0.6 is 0 Å². The highest BCUT2D eigenvalue weighted by molar-refractivity contribution is 5.96. The van der Waals surface area contributed by atoms with E-state index in [2.05, 4.69) is 61.0 Å². The number of rotatable bonds is 6. The molecule has 5 heteroatoms. The van der Waals surface area contributed by atoms with Crippen molar-refractivity contribution in [3.8, 4) is 0 Å². The highest BCUT2D eigenvalue weighted by Crippen LogP contribution is 2.22. The first-order valence-corrected chi connectivity index (χ1v) is 7.76. The van der Waals surface area contributed by atoms with Gasteiger partial charge >= 0.3 is 6.03 Å². The monoisotopic (exact) mass is 305 g/mol. The smallest absolute Gasteiger partial charge is 0.321 e. The Balaban J connectivity index is 2.78. The van der Waals surface area contributed by atoms with E-state index in [-0.39, 0.29) is 11.9 Å². The molecule has 0 unspecified atom stereocenters. The van der Waals surface area contributed by atoms with Crippen molar-refractivity contribution in [3.05, 3.63) is 35.4 Å². The Hall–Kier alpha value is -1.88. The summed E-state index contributed by atoms with van der Waals surface area (Å²) in [4.78, 5) is 23.2. The summed E-state index contributed by atoms with van der Waals surface area (Å²) >= 11 is 0. The second-order valence-electron chi connectivity index (χ2n) is 5.77. The molecule has 1 rings (SSSR count). The Morgan fingerprint density at radius 1 is 1.09 bits per heavy atom. The normalized spacial score (nSPS) is 13.5. The Kier molecular flexibility index (Phi) is 7.05. The van der Waals surface area contributed by atoms with Crippen molar-refractivity contribution in [2.45, 2.75) is 46.2 Å². The van der Waals surface area contributed by atoms with Crippen LogP contribution in [0.25, 0.3) is 0 Å². The van der Waals surface area contributed by atoms with Crippen molar-refractivity contribution < 1.29 is 9.59 Å². The zero-order chi connectivity index (χ0) is 16.7. The van der Waals surface area contributed by atoms with Gasteiger partial charge in [-0.15, -0.1) is 0 Å². The standard InChI is InChI=1S/C17H27N3O2/c1-6-13-7-9-14(10-8-13)15(11(2)3)19-12(4)16(21)20-17(22)18-5/h7-12,15,19H,6H2,1-5H3,(H2,18,20,21,22)/t12-,15-/m1/s1. The van der Waals surface area contributed by atoms with Crippen LogP contribution in [-0.4, -0.2) is 25.0 Å². The van der Waals surface area contributed by atoms with Gasteiger partial charge in [0, 0.05) is 13.1 Å². The van der Waals surface area contributed by atoms with Crippen LogP contribution in [-0.2, 0) is 11.2 Å². The molecule has 0 aromatic heterocycles. The average molecular weight is 305 g/mol. The highest BCUT2D eigenvalue weighted by atomic mass is 16.2. The van der Waals surface area contributed by atoms with Crippen LogP contribution in [0.1, 0.15) is 44.9 Å². The van der Waals surface area contributed by atoms with Gasteiger partial charge in [-0.25, -0.2) is 4.79 Å². The van der Waals surface area contributed by atoms with E-state index in [1.165, 1.54) is 12.6 Å². The van der Waals surface area contributed by atoms with Crippen LogP contribution in [0.3, 0.4) is 0 Å². The molecule has 0 spiro atoms. The number of benzene rings is 1. The largest absolute Gasteiger partial charge is 0.341 e. The number of carbonyl (C=O) groups is 2. The number of imide groups is 1. The first-order chi connectivity index (χ1) is 10.4. The lowest BCUT2D eigenvalue weighted by molar-refractivity contribution is -0.121. The topological polar surface area (TPSA) is 70.2 Å². The summed E-state index contributed by atoms with van der Waals surface area (Å²) in [6, 6.07) is 7.52. The summed E-state index contributed by atoms with van der Waals surface area (Å²) in [5, 5.41) is 7.97. The van der Waals surface area contributed by atoms with Crippen molar-refractivity contribution in [1.29, 1.82) is 0 Å². The number of aryl methyl sites for hydroxylation is 1. The predicted octanol–water partition coefficient (Wildman–Crippen LogP) is 2.38. The molecule has 0 radical (unpaired) electrons. The van der Waals surface area contributed by atoms with Crippen molar-refractivity contribution in [1.82, 2.24) is 16.0 Å². The molecule has 0 aliphatic carbocycles. The van der Waals surface area contributed by atoms with E-state index in [0.717, 1.165) is 12.0 Å². The van der Waals surface area contributed by atoms with Crippen molar-refractivity contribution in [2.75, 3.05) is 7.05 Å². The van der Waals surface area contributed by atoms with E-state index >= 15 is 0 Å². The van der Waals surface area contributed by atoms with Crippen molar-refractivity contribution in [3.63, 3.8) is 0 Å². The molecule has 1 aromatic rings. The van der Waals surface area contributed by atoms with E-state index in [1.807, 2.05) is 0 Å². The maximum absolute atomic E-state index is 12.0. The molecule has 3 amide bonds. The SMILES string of the molecule is CCc1ccc([C@H](N[C@H](C)C(=O)NC(=O)NC)C(C)C)cc1. The fourth-order valence-corrected chi connectivity index (χ4v) is 2.26. The molecule has 0 aliphatic rings. The van der Waals surface area contributed by atoms with Crippen LogP contribution < -0.4 is 16.0 Å². The molecule has 122 valence electrons. The summed E-state index contributed by atoms with van der Waals surface area (Å²) in [5.41, 5.74) is 2.43. The van der Waals surface area contributed by atoms with Crippen LogP contribution in [0.2, 0.25) is 0 Å². The molecule has 0 saturated heterocycles. The molecular weight excluding hydrogens is 278 g/mol. The van der Waals surface area contributed by atoms with E-state index in [9.17, 15) is 9.59 Å². The van der Waals surface area contributed by atoms with E-state index in [1.54, 1.807) is 6.92 Å². The number of hydrogen-bond acceptors (Lipinski definition) is 3. The third kappa shape index (κ3) is 5.15. The molecule has 0 saturated carbocycles. The minimum atomic E-state index is -0.493. The number of hydrogen-bond donors (Lipinski definition) is 3. The maximum Gasteiger partial charge on any atom is 0.321 e. The van der Waals surface area contributed by atoms with Crippen LogP contribution in [0.5, 0.6) is 0 Å². The van der Waals surface area contributed by atoms with Gasteiger partial charge in [-0.3, -0.25) is 15.4 Å². The Bertz CT molecular complexity index is 497. The Morgan fingerprint density at radius 3 is 2.14 bits per heavy atom. The summed E-state index contributed by atoms with van der Waals surface area (Å²) in [6.45, 7) is 8.09. The molecule has 0 fully saturated rings. The first-order valence-electron chi connectivity index (χ1n) is 7.76. The fourth-order valence-electron chi connectivity index (χ4n) is 2.26. The molecule has 5 nitrogen and oxygen atoms in total. The summed E-state index contributed by atoms with van der Waals surface area (Å²) in [7, 11) is 1.48. The zero-order valence-corrected chi connectivity index (χ0v) is 14.1. The molecule has 3 N–H and O–H groups in total. The molecule has 2 atom stereocenters. The zero-order valence-electron chi connectivity index (χ0n) is 14.1. The Labute approximate surface area is 132 Å². The number of carbonyl (C=O) groups excluding carboxylic acids is 2. The minimum absolute atomic E-state index is 0.0522. The maximum atomic E-state index is 12.0. The van der Waals surface area contributed by atoms with Gasteiger partial charge in [-0.2, -0.15) is 0 Å². The van der Waals surface area contributed by atoms with Gasteiger partial charge in [0.15, 0.2) is 0 Å². The highest BCUT2D eigenvalue weighted by Gasteiger charge is 2.22. The minimum Gasteiger partial charge on any atom is -0.341 e. The van der Waals surface area contributed by atoms with Crippen LogP contribution in [0.15, 0.2) is 24.3 Å².